The second kappa shape index (κ2) is 8.71. The van der Waals surface area contributed by atoms with E-state index in [4.69, 9.17) is 4.74 Å². The van der Waals surface area contributed by atoms with Gasteiger partial charge in [0.05, 0.1) is 10.5 Å². The fourth-order valence-electron chi connectivity index (χ4n) is 2.86. The van der Waals surface area contributed by atoms with Gasteiger partial charge in [0, 0.05) is 5.69 Å². The Morgan fingerprint density at radius 2 is 1.57 bits per heavy atom. The lowest BCUT2D eigenvalue weighted by atomic mass is 9.87. The predicted molar refractivity (Wildman–Crippen MR) is 118 cm³/mol. The van der Waals surface area contributed by atoms with Crippen LogP contribution in [0.5, 0.6) is 0 Å². The Balaban J connectivity index is 1.66. The zero-order valence-corrected chi connectivity index (χ0v) is 18.1. The van der Waals surface area contributed by atoms with Gasteiger partial charge in [-0.05, 0) is 46.9 Å². The first-order valence-electron chi connectivity index (χ1n) is 9.60. The highest BCUT2D eigenvalue weighted by Gasteiger charge is 2.16. The van der Waals surface area contributed by atoms with E-state index in [9.17, 15) is 13.2 Å². The molecule has 1 N–H and O–H groups in total. The normalized spacial score (nSPS) is 11.7. The van der Waals surface area contributed by atoms with Gasteiger partial charge in [-0.3, -0.25) is 4.72 Å². The Kier molecular flexibility index (Phi) is 6.27. The minimum Gasteiger partial charge on any atom is -0.457 e. The Labute approximate surface area is 177 Å². The Morgan fingerprint density at radius 1 is 0.900 bits per heavy atom. The van der Waals surface area contributed by atoms with Crippen molar-refractivity contribution >= 4 is 21.7 Å². The van der Waals surface area contributed by atoms with Crippen molar-refractivity contribution in [1.29, 1.82) is 0 Å². The molecule has 0 aliphatic carbocycles. The van der Waals surface area contributed by atoms with Gasteiger partial charge < -0.3 is 4.74 Å². The number of carbonyl (C=O) groups is 1. The van der Waals surface area contributed by atoms with Gasteiger partial charge in [-0.1, -0.05) is 69.3 Å². The quantitative estimate of drug-likeness (QED) is 0.557. The third kappa shape index (κ3) is 5.48. The number of rotatable bonds is 6. The second-order valence-corrected chi connectivity index (χ2v) is 9.70. The Hall–Kier alpha value is -3.12. The van der Waals surface area contributed by atoms with Crippen LogP contribution in [0.4, 0.5) is 5.69 Å². The van der Waals surface area contributed by atoms with Crippen LogP contribution in [0, 0.1) is 0 Å². The summed E-state index contributed by atoms with van der Waals surface area (Å²) in [7, 11) is -3.73. The monoisotopic (exact) mass is 423 g/mol. The van der Waals surface area contributed by atoms with E-state index in [0.717, 1.165) is 5.56 Å². The molecule has 0 atom stereocenters. The second-order valence-electron chi connectivity index (χ2n) is 8.02. The molecule has 5 nitrogen and oxygen atoms in total. The highest BCUT2D eigenvalue weighted by molar-refractivity contribution is 7.92. The molecule has 0 unspecified atom stereocenters. The molecule has 3 aromatic rings. The van der Waals surface area contributed by atoms with E-state index >= 15 is 0 Å². The Bertz CT molecular complexity index is 1120. The molecular formula is C24H25NO4S. The van der Waals surface area contributed by atoms with Crippen molar-refractivity contribution < 1.29 is 17.9 Å². The SMILES string of the molecule is CC(C)(C)c1ccc(COC(=O)c2cccc(NS(=O)(=O)c3ccccc3)c2)cc1. The molecule has 156 valence electrons. The van der Waals surface area contributed by atoms with Gasteiger partial charge in [0.25, 0.3) is 10.0 Å². The van der Waals surface area contributed by atoms with Gasteiger partial charge >= 0.3 is 5.97 Å². The molecule has 0 fully saturated rings. The molecule has 0 saturated carbocycles. The fraction of sp³-hybridized carbons (Fsp3) is 0.208. The maximum atomic E-state index is 12.5. The predicted octanol–water partition coefficient (Wildman–Crippen LogP) is 5.14. The van der Waals surface area contributed by atoms with E-state index in [1.165, 1.54) is 23.8 Å². The first-order chi connectivity index (χ1) is 14.1. The average molecular weight is 424 g/mol. The van der Waals surface area contributed by atoms with Gasteiger partial charge in [-0.2, -0.15) is 0 Å². The molecule has 0 bridgehead atoms. The first-order valence-corrected chi connectivity index (χ1v) is 11.1. The maximum Gasteiger partial charge on any atom is 0.338 e. The van der Waals surface area contributed by atoms with Gasteiger partial charge in [-0.25, -0.2) is 13.2 Å². The van der Waals surface area contributed by atoms with E-state index < -0.39 is 16.0 Å². The van der Waals surface area contributed by atoms with Crippen LogP contribution in [0.3, 0.4) is 0 Å². The molecule has 0 aromatic heterocycles. The van der Waals surface area contributed by atoms with E-state index in [0.29, 0.717) is 5.69 Å². The summed E-state index contributed by atoms with van der Waals surface area (Å²) in [5.41, 5.74) is 2.72. The first kappa shape index (κ1) is 21.6. The van der Waals surface area contributed by atoms with E-state index in [2.05, 4.69) is 25.5 Å². The number of esters is 1. The van der Waals surface area contributed by atoms with Crippen LogP contribution in [0.1, 0.15) is 42.3 Å². The smallest absolute Gasteiger partial charge is 0.338 e. The largest absolute Gasteiger partial charge is 0.457 e. The number of hydrogen-bond donors (Lipinski definition) is 1. The minimum atomic E-state index is -3.73. The lowest BCUT2D eigenvalue weighted by molar-refractivity contribution is 0.0472. The van der Waals surface area contributed by atoms with Crippen LogP contribution in [0.2, 0.25) is 0 Å². The standard InChI is InChI=1S/C24H25NO4S/c1-24(2,3)20-14-12-18(13-15-20)17-29-23(26)19-8-7-9-21(16-19)25-30(27,28)22-10-5-4-6-11-22/h4-16,25H,17H2,1-3H3. The topological polar surface area (TPSA) is 72.5 Å². The molecule has 0 amide bonds. The number of anilines is 1. The van der Waals surface area contributed by atoms with E-state index in [1.807, 2.05) is 24.3 Å². The third-order valence-corrected chi connectivity index (χ3v) is 5.99. The van der Waals surface area contributed by atoms with Crippen molar-refractivity contribution in [1.82, 2.24) is 0 Å². The lowest BCUT2D eigenvalue weighted by Crippen LogP contribution is -2.13. The van der Waals surface area contributed by atoms with Crippen LogP contribution in [0.15, 0.2) is 83.8 Å². The number of ether oxygens (including phenoxy) is 1. The fourth-order valence-corrected chi connectivity index (χ4v) is 3.93. The summed E-state index contributed by atoms with van der Waals surface area (Å²) < 4.78 is 32.8. The number of nitrogens with one attached hydrogen (secondary N) is 1. The van der Waals surface area contributed by atoms with Crippen LogP contribution in [-0.2, 0) is 26.8 Å². The summed E-state index contributed by atoms with van der Waals surface area (Å²) in [4.78, 5) is 12.6. The van der Waals surface area contributed by atoms with Gasteiger partial charge in [-0.15, -0.1) is 0 Å². The number of sulfonamides is 1. The maximum absolute atomic E-state index is 12.5. The zero-order valence-electron chi connectivity index (χ0n) is 17.3. The zero-order chi connectivity index (χ0) is 21.8. The van der Waals surface area contributed by atoms with Gasteiger partial charge in [0.1, 0.15) is 6.61 Å². The molecule has 0 aliphatic rings. The summed E-state index contributed by atoms with van der Waals surface area (Å²) in [5, 5.41) is 0. The summed E-state index contributed by atoms with van der Waals surface area (Å²) in [6.45, 7) is 6.56. The van der Waals surface area contributed by atoms with E-state index in [-0.39, 0.29) is 22.5 Å². The molecule has 0 heterocycles. The molecule has 0 aliphatic heterocycles. The van der Waals surface area contributed by atoms with Crippen LogP contribution in [0.25, 0.3) is 0 Å². The molecule has 30 heavy (non-hydrogen) atoms. The molecule has 3 rings (SSSR count). The van der Waals surface area contributed by atoms with Crippen molar-refractivity contribution in [3.05, 3.63) is 95.6 Å². The van der Waals surface area contributed by atoms with Gasteiger partial charge in [0.15, 0.2) is 0 Å². The summed E-state index contributed by atoms with van der Waals surface area (Å²) in [5.74, 6) is -0.518. The van der Waals surface area contributed by atoms with Gasteiger partial charge in [0.2, 0.25) is 0 Å². The van der Waals surface area contributed by atoms with Crippen LogP contribution in [-0.4, -0.2) is 14.4 Å². The highest BCUT2D eigenvalue weighted by Crippen LogP contribution is 2.23. The lowest BCUT2D eigenvalue weighted by Gasteiger charge is -2.19. The van der Waals surface area contributed by atoms with Crippen LogP contribution < -0.4 is 4.72 Å². The molecule has 6 heteroatoms. The van der Waals surface area contributed by atoms with Crippen molar-refractivity contribution in [3.8, 4) is 0 Å². The van der Waals surface area contributed by atoms with Crippen molar-refractivity contribution in [2.75, 3.05) is 4.72 Å². The summed E-state index contributed by atoms with van der Waals surface area (Å²) in [6, 6.07) is 22.2. The summed E-state index contributed by atoms with van der Waals surface area (Å²) in [6.07, 6.45) is 0. The Morgan fingerprint density at radius 3 is 2.20 bits per heavy atom. The van der Waals surface area contributed by atoms with Crippen molar-refractivity contribution in [3.63, 3.8) is 0 Å². The van der Waals surface area contributed by atoms with E-state index in [1.54, 1.807) is 36.4 Å². The molecule has 3 aromatic carbocycles. The number of benzene rings is 3. The van der Waals surface area contributed by atoms with Crippen LogP contribution >= 0.6 is 0 Å². The molecule has 0 saturated heterocycles. The molecule has 0 spiro atoms. The molecular weight excluding hydrogens is 398 g/mol. The van der Waals surface area contributed by atoms with Crippen molar-refractivity contribution in [2.45, 2.75) is 37.7 Å². The number of carbonyl (C=O) groups excluding carboxylic acids is 1. The molecule has 0 radical (unpaired) electrons. The third-order valence-electron chi connectivity index (χ3n) is 4.59. The highest BCUT2D eigenvalue weighted by atomic mass is 32.2. The average Bonchev–Trinajstić information content (AvgIpc) is 2.72. The summed E-state index contributed by atoms with van der Waals surface area (Å²) >= 11 is 0. The minimum absolute atomic E-state index is 0.0583. The van der Waals surface area contributed by atoms with Crippen molar-refractivity contribution in [2.24, 2.45) is 0 Å². The number of hydrogen-bond acceptors (Lipinski definition) is 4.